The Morgan fingerprint density at radius 3 is 2.12 bits per heavy atom. The van der Waals surface area contributed by atoms with Crippen LogP contribution in [0.5, 0.6) is 5.75 Å². The molecule has 0 spiro atoms. The van der Waals surface area contributed by atoms with Crippen molar-refractivity contribution >= 4 is 32.4 Å². The number of sulfone groups is 1. The summed E-state index contributed by atoms with van der Waals surface area (Å²) in [4.78, 5) is -0.184. The average molecular weight is 376 g/mol. The van der Waals surface area contributed by atoms with Crippen LogP contribution >= 0.6 is 22.6 Å². The van der Waals surface area contributed by atoms with E-state index in [0.29, 0.717) is 0 Å². The lowest BCUT2D eigenvalue weighted by atomic mass is 10.3. The monoisotopic (exact) mass is 376 g/mol. The third kappa shape index (κ3) is 4.43. The van der Waals surface area contributed by atoms with E-state index in [9.17, 15) is 21.6 Å². The van der Waals surface area contributed by atoms with Crippen molar-refractivity contribution in [2.45, 2.75) is 11.3 Å². The first-order chi connectivity index (χ1) is 7.74. The van der Waals surface area contributed by atoms with Gasteiger partial charge in [0.2, 0.25) is 9.84 Å². The Balaban J connectivity index is 3.00. The van der Waals surface area contributed by atoms with Crippen LogP contribution in [0, 0.1) is 9.18 Å². The highest BCUT2D eigenvalue weighted by molar-refractivity contribution is 14.1. The largest absolute Gasteiger partial charge is 0.573 e. The van der Waals surface area contributed by atoms with Gasteiger partial charge in [0.05, 0.1) is 4.90 Å². The molecule has 1 aromatic rings. The van der Waals surface area contributed by atoms with Gasteiger partial charge in [-0.05, 0) is 28.2 Å². The first-order valence-corrected chi connectivity index (χ1v) is 6.54. The van der Waals surface area contributed by atoms with Crippen LogP contribution in [0.3, 0.4) is 0 Å². The third-order valence-corrected chi connectivity index (χ3v) is 3.44. The lowest BCUT2D eigenvalue weighted by Gasteiger charge is -2.08. The molecule has 0 bridgehead atoms. The molecule has 0 aromatic heterocycles. The van der Waals surface area contributed by atoms with Crippen molar-refractivity contribution in [1.29, 1.82) is 0 Å². The first-order valence-electron chi connectivity index (χ1n) is 3.98. The van der Waals surface area contributed by atoms with Crippen molar-refractivity contribution in [2.24, 2.45) is 0 Å². The maximum absolute atomic E-state index is 11.8. The predicted octanol–water partition coefficient (Wildman–Crippen LogP) is 2.71. The molecule has 0 N–H and O–H groups in total. The van der Waals surface area contributed by atoms with Gasteiger partial charge in [0.1, 0.15) is 5.75 Å². The third-order valence-electron chi connectivity index (χ3n) is 1.54. The summed E-state index contributed by atoms with van der Waals surface area (Å²) in [5.41, 5.74) is 0. The molecule has 0 aliphatic carbocycles. The minimum Gasteiger partial charge on any atom is -0.406 e. The molecule has 0 heterocycles. The Bertz CT molecular complexity index is 552. The van der Waals surface area contributed by atoms with Gasteiger partial charge in [0, 0.05) is 27.8 Å². The number of rotatable bonds is 2. The first kappa shape index (κ1) is 14.1. The van der Waals surface area contributed by atoms with Crippen LogP contribution in [0.1, 0.15) is 0 Å². The molecule has 0 aliphatic heterocycles. The zero-order valence-corrected chi connectivity index (χ0v) is 10.9. The maximum Gasteiger partial charge on any atom is 0.573 e. The molecule has 0 amide bonds. The van der Waals surface area contributed by atoms with E-state index in [4.69, 9.17) is 0 Å². The van der Waals surface area contributed by atoms with Gasteiger partial charge in [-0.2, -0.15) is 0 Å². The van der Waals surface area contributed by atoms with Crippen LogP contribution in [0.25, 0.3) is 0 Å². The normalized spacial score (nSPS) is 11.5. The quantitative estimate of drug-likeness (QED) is 0.589. The highest BCUT2D eigenvalue weighted by atomic mass is 127. The van der Waals surface area contributed by atoms with Gasteiger partial charge < -0.3 is 4.74 Å². The number of alkyl halides is 3. The van der Waals surface area contributed by atoms with Crippen molar-refractivity contribution in [3.05, 3.63) is 24.3 Å². The van der Waals surface area contributed by atoms with E-state index in [1.54, 1.807) is 22.6 Å². The standard InChI is InChI=1S/C9H4F3IO3S/c10-9(11,12)16-7-1-3-8(4-2-7)17(14,15)6-5-13/h1-4H. The van der Waals surface area contributed by atoms with E-state index in [1.807, 2.05) is 5.25 Å². The molecule has 1 aromatic carbocycles. The number of benzene rings is 1. The smallest absolute Gasteiger partial charge is 0.406 e. The molecule has 0 fully saturated rings. The summed E-state index contributed by atoms with van der Waals surface area (Å²) in [7, 11) is -3.78. The van der Waals surface area contributed by atoms with E-state index in [2.05, 4.69) is 8.66 Å². The summed E-state index contributed by atoms with van der Waals surface area (Å²) in [6.45, 7) is 0. The molecule has 3 nitrogen and oxygen atoms in total. The second-order valence-corrected chi connectivity index (χ2v) is 4.94. The molecule has 0 radical (unpaired) electrons. The fourth-order valence-corrected chi connectivity index (χ4v) is 2.51. The van der Waals surface area contributed by atoms with Gasteiger partial charge in [0.15, 0.2) is 0 Å². The molecule has 8 heteroatoms. The number of hydrogen-bond acceptors (Lipinski definition) is 3. The van der Waals surface area contributed by atoms with E-state index in [0.717, 1.165) is 24.3 Å². The molecule has 0 atom stereocenters. The molecule has 92 valence electrons. The lowest BCUT2D eigenvalue weighted by molar-refractivity contribution is -0.274. The second kappa shape index (κ2) is 5.14. The van der Waals surface area contributed by atoms with Crippen molar-refractivity contribution in [3.8, 4) is 14.9 Å². The van der Waals surface area contributed by atoms with Crippen molar-refractivity contribution in [1.82, 2.24) is 0 Å². The summed E-state index contributed by atoms with van der Waals surface area (Å²) < 4.78 is 64.0. The van der Waals surface area contributed by atoms with Crippen molar-refractivity contribution in [3.63, 3.8) is 0 Å². The van der Waals surface area contributed by atoms with Gasteiger partial charge in [-0.15, -0.1) is 13.2 Å². The Hall–Kier alpha value is -0.950. The Labute approximate surface area is 109 Å². The van der Waals surface area contributed by atoms with E-state index in [-0.39, 0.29) is 4.90 Å². The van der Waals surface area contributed by atoms with Gasteiger partial charge in [-0.25, -0.2) is 8.42 Å². The van der Waals surface area contributed by atoms with Crippen LogP contribution in [0.4, 0.5) is 13.2 Å². The lowest BCUT2D eigenvalue weighted by Crippen LogP contribution is -2.17. The number of ether oxygens (including phenoxy) is 1. The minimum absolute atomic E-state index is 0.184. The summed E-state index contributed by atoms with van der Waals surface area (Å²) >= 11 is 1.55. The van der Waals surface area contributed by atoms with Crippen LogP contribution in [0.2, 0.25) is 0 Å². The van der Waals surface area contributed by atoms with Gasteiger partial charge in [-0.3, -0.25) is 0 Å². The summed E-state index contributed by atoms with van der Waals surface area (Å²) in [5, 5.41) is 1.95. The van der Waals surface area contributed by atoms with Gasteiger partial charge in [0.25, 0.3) is 0 Å². The molecule has 0 saturated heterocycles. The van der Waals surface area contributed by atoms with E-state index in [1.165, 1.54) is 0 Å². The summed E-state index contributed by atoms with van der Waals surface area (Å²) in [6, 6.07) is 3.82. The predicted molar refractivity (Wildman–Crippen MR) is 62.1 cm³/mol. The van der Waals surface area contributed by atoms with Crippen LogP contribution in [-0.4, -0.2) is 14.8 Å². The summed E-state index contributed by atoms with van der Waals surface area (Å²) in [6.07, 6.45) is -4.80. The molecule has 1 rings (SSSR count). The van der Waals surface area contributed by atoms with Crippen LogP contribution in [0.15, 0.2) is 29.2 Å². The fourth-order valence-electron chi connectivity index (χ4n) is 0.930. The minimum atomic E-state index is -4.80. The highest BCUT2D eigenvalue weighted by Gasteiger charge is 2.31. The Morgan fingerprint density at radius 1 is 1.18 bits per heavy atom. The Morgan fingerprint density at radius 2 is 1.71 bits per heavy atom. The molecule has 0 saturated carbocycles. The topological polar surface area (TPSA) is 43.4 Å². The van der Waals surface area contributed by atoms with E-state index >= 15 is 0 Å². The molecular weight excluding hydrogens is 372 g/mol. The van der Waals surface area contributed by atoms with Gasteiger partial charge >= 0.3 is 6.36 Å². The summed E-state index contributed by atoms with van der Waals surface area (Å²) in [5.74, 6) is -0.487. The average Bonchev–Trinajstić information content (AvgIpc) is 2.15. The highest BCUT2D eigenvalue weighted by Crippen LogP contribution is 2.24. The SMILES string of the molecule is O=S(=O)(C#CI)c1ccc(OC(F)(F)F)cc1. The number of halogens is 4. The van der Waals surface area contributed by atoms with Gasteiger partial charge in [-0.1, -0.05) is 0 Å². The zero-order chi connectivity index (χ0) is 13.1. The Kier molecular flexibility index (Phi) is 4.26. The molecule has 17 heavy (non-hydrogen) atoms. The van der Waals surface area contributed by atoms with Crippen LogP contribution < -0.4 is 4.74 Å². The van der Waals surface area contributed by atoms with Crippen molar-refractivity contribution < 1.29 is 26.3 Å². The zero-order valence-electron chi connectivity index (χ0n) is 7.95. The molecule has 0 aliphatic rings. The van der Waals surface area contributed by atoms with E-state index < -0.39 is 21.9 Å². The van der Waals surface area contributed by atoms with Crippen molar-refractivity contribution in [2.75, 3.05) is 0 Å². The molecule has 0 unspecified atom stereocenters. The number of hydrogen-bond donors (Lipinski definition) is 0. The van der Waals surface area contributed by atoms with Crippen LogP contribution in [-0.2, 0) is 9.84 Å². The molecular formula is C9H4F3IO3S. The maximum atomic E-state index is 11.8. The second-order valence-electron chi connectivity index (χ2n) is 2.72. The fraction of sp³-hybridized carbons (Fsp3) is 0.111.